The number of rotatable bonds is 8. The van der Waals surface area contributed by atoms with Gasteiger partial charge in [0.1, 0.15) is 11.6 Å². The van der Waals surface area contributed by atoms with Crippen molar-refractivity contribution >= 4 is 24.4 Å². The molecule has 0 saturated heterocycles. The number of carbonyl (C=O) groups is 1. The summed E-state index contributed by atoms with van der Waals surface area (Å²) in [7, 11) is 0. The van der Waals surface area contributed by atoms with E-state index in [-0.39, 0.29) is 5.97 Å². The molecule has 0 aliphatic carbocycles. The molecule has 0 unspecified atom stereocenters. The molecule has 5 heteroatoms. The second kappa shape index (κ2) is 9.47. The van der Waals surface area contributed by atoms with E-state index in [0.29, 0.717) is 24.4 Å². The first kappa shape index (κ1) is 19.3. The highest BCUT2D eigenvalue weighted by Crippen LogP contribution is 2.31. The SMILES string of the molecule is CCCCC(=O)Oc1ccc(Cc2ccc(N)nc2)c(S)c1CCC. The number of nitrogens with two attached hydrogens (primary N) is 1. The van der Waals surface area contributed by atoms with Crippen LogP contribution in [0.5, 0.6) is 5.75 Å². The molecule has 2 N–H and O–H groups in total. The zero-order valence-corrected chi connectivity index (χ0v) is 15.8. The third-order valence-electron chi connectivity index (χ3n) is 4.02. The lowest BCUT2D eigenvalue weighted by molar-refractivity contribution is -0.134. The van der Waals surface area contributed by atoms with Gasteiger partial charge in [0.05, 0.1) is 0 Å². The number of benzene rings is 1. The summed E-state index contributed by atoms with van der Waals surface area (Å²) in [6, 6.07) is 7.62. The smallest absolute Gasteiger partial charge is 0.311 e. The number of anilines is 1. The Balaban J connectivity index is 2.23. The van der Waals surface area contributed by atoms with Gasteiger partial charge >= 0.3 is 5.97 Å². The molecule has 0 aliphatic rings. The van der Waals surface area contributed by atoms with Crippen molar-refractivity contribution in [3.8, 4) is 5.75 Å². The second-order valence-electron chi connectivity index (χ2n) is 6.15. The van der Waals surface area contributed by atoms with Crippen LogP contribution in [-0.4, -0.2) is 11.0 Å². The summed E-state index contributed by atoms with van der Waals surface area (Å²) < 4.78 is 5.59. The average Bonchev–Trinajstić information content (AvgIpc) is 2.60. The van der Waals surface area contributed by atoms with Gasteiger partial charge in [0, 0.05) is 29.5 Å². The van der Waals surface area contributed by atoms with Crippen LogP contribution in [0.25, 0.3) is 0 Å². The van der Waals surface area contributed by atoms with Crippen molar-refractivity contribution < 1.29 is 9.53 Å². The van der Waals surface area contributed by atoms with Crippen molar-refractivity contribution in [3.63, 3.8) is 0 Å². The number of thiol groups is 1. The zero-order valence-electron chi connectivity index (χ0n) is 14.9. The van der Waals surface area contributed by atoms with Gasteiger partial charge in [-0.25, -0.2) is 4.98 Å². The minimum absolute atomic E-state index is 0.178. The normalized spacial score (nSPS) is 10.7. The highest BCUT2D eigenvalue weighted by atomic mass is 32.1. The first-order valence-electron chi connectivity index (χ1n) is 8.79. The second-order valence-corrected chi connectivity index (χ2v) is 6.59. The first-order chi connectivity index (χ1) is 12.0. The van der Waals surface area contributed by atoms with E-state index in [2.05, 4.69) is 18.8 Å². The molecule has 4 nitrogen and oxygen atoms in total. The Labute approximate surface area is 155 Å². The number of nitrogen functional groups attached to an aromatic ring is 1. The maximum atomic E-state index is 12.0. The fraction of sp³-hybridized carbons (Fsp3) is 0.400. The summed E-state index contributed by atoms with van der Waals surface area (Å²) in [6.45, 7) is 4.16. The van der Waals surface area contributed by atoms with Crippen molar-refractivity contribution in [1.29, 1.82) is 0 Å². The first-order valence-corrected chi connectivity index (χ1v) is 9.24. The molecular weight excluding hydrogens is 332 g/mol. The molecule has 1 heterocycles. The number of carbonyl (C=O) groups excluding carboxylic acids is 1. The molecule has 134 valence electrons. The largest absolute Gasteiger partial charge is 0.426 e. The predicted octanol–water partition coefficient (Wildman–Crippen LogP) is 4.59. The number of esters is 1. The molecule has 0 amide bonds. The fourth-order valence-electron chi connectivity index (χ4n) is 2.65. The minimum atomic E-state index is -0.178. The third kappa shape index (κ3) is 5.49. The molecule has 1 aromatic carbocycles. The van der Waals surface area contributed by atoms with Crippen LogP contribution in [0.15, 0.2) is 35.4 Å². The van der Waals surface area contributed by atoms with Crippen LogP contribution in [0, 0.1) is 0 Å². The van der Waals surface area contributed by atoms with Crippen molar-refractivity contribution in [2.75, 3.05) is 5.73 Å². The predicted molar refractivity (Wildman–Crippen MR) is 104 cm³/mol. The van der Waals surface area contributed by atoms with Gasteiger partial charge in [0.25, 0.3) is 0 Å². The lowest BCUT2D eigenvalue weighted by atomic mass is 10.0. The maximum Gasteiger partial charge on any atom is 0.311 e. The van der Waals surface area contributed by atoms with Gasteiger partial charge in [-0.3, -0.25) is 4.79 Å². The number of aromatic nitrogens is 1. The topological polar surface area (TPSA) is 65.2 Å². The van der Waals surface area contributed by atoms with Gasteiger partial charge in [-0.1, -0.05) is 38.8 Å². The van der Waals surface area contributed by atoms with Crippen LogP contribution in [0.2, 0.25) is 0 Å². The Hall–Kier alpha value is -2.01. The summed E-state index contributed by atoms with van der Waals surface area (Å²) in [6.07, 6.45) is 6.54. The lowest BCUT2D eigenvalue weighted by Gasteiger charge is -2.15. The molecule has 1 aromatic heterocycles. The van der Waals surface area contributed by atoms with E-state index in [1.54, 1.807) is 12.3 Å². The Morgan fingerprint density at radius 2 is 2.00 bits per heavy atom. The van der Waals surface area contributed by atoms with E-state index in [1.165, 1.54) is 0 Å². The summed E-state index contributed by atoms with van der Waals surface area (Å²) in [5.41, 5.74) is 8.80. The van der Waals surface area contributed by atoms with Crippen LogP contribution in [0.3, 0.4) is 0 Å². The number of pyridine rings is 1. The summed E-state index contributed by atoms with van der Waals surface area (Å²) in [5.74, 6) is 0.963. The maximum absolute atomic E-state index is 12.0. The Bertz CT molecular complexity index is 714. The van der Waals surface area contributed by atoms with Crippen molar-refractivity contribution in [2.24, 2.45) is 0 Å². The number of hydrogen-bond donors (Lipinski definition) is 2. The molecule has 0 spiro atoms. The van der Waals surface area contributed by atoms with E-state index in [1.807, 2.05) is 18.2 Å². The molecular formula is C20H26N2O2S. The van der Waals surface area contributed by atoms with Crippen LogP contribution < -0.4 is 10.5 Å². The van der Waals surface area contributed by atoms with Gasteiger partial charge in [-0.15, -0.1) is 12.6 Å². The Morgan fingerprint density at radius 1 is 1.20 bits per heavy atom. The van der Waals surface area contributed by atoms with Crippen molar-refractivity contribution in [1.82, 2.24) is 4.98 Å². The fourth-order valence-corrected chi connectivity index (χ4v) is 3.03. The zero-order chi connectivity index (χ0) is 18.2. The van der Waals surface area contributed by atoms with Crippen molar-refractivity contribution in [3.05, 3.63) is 47.2 Å². The summed E-state index contributed by atoms with van der Waals surface area (Å²) in [4.78, 5) is 17.0. The van der Waals surface area contributed by atoms with Gasteiger partial charge < -0.3 is 10.5 Å². The highest BCUT2D eigenvalue weighted by Gasteiger charge is 2.14. The van der Waals surface area contributed by atoms with Crippen LogP contribution in [-0.2, 0) is 17.6 Å². The molecule has 0 saturated carbocycles. The molecule has 0 radical (unpaired) electrons. The van der Waals surface area contributed by atoms with E-state index in [4.69, 9.17) is 23.1 Å². The number of unbranched alkanes of at least 4 members (excludes halogenated alkanes) is 1. The van der Waals surface area contributed by atoms with E-state index in [9.17, 15) is 4.79 Å². The van der Waals surface area contributed by atoms with E-state index >= 15 is 0 Å². The molecule has 0 bridgehead atoms. The lowest BCUT2D eigenvalue weighted by Crippen LogP contribution is -2.10. The van der Waals surface area contributed by atoms with Gasteiger partial charge in [0.2, 0.25) is 0 Å². The van der Waals surface area contributed by atoms with E-state index in [0.717, 1.165) is 47.3 Å². The van der Waals surface area contributed by atoms with Crippen LogP contribution in [0.4, 0.5) is 5.82 Å². The number of nitrogens with zero attached hydrogens (tertiary/aromatic N) is 1. The summed E-state index contributed by atoms with van der Waals surface area (Å²) >= 11 is 4.72. The Morgan fingerprint density at radius 3 is 2.64 bits per heavy atom. The Kier molecular flexibility index (Phi) is 7.31. The molecule has 0 aliphatic heterocycles. The van der Waals surface area contributed by atoms with Crippen molar-refractivity contribution in [2.45, 2.75) is 57.3 Å². The van der Waals surface area contributed by atoms with Gasteiger partial charge in [0.15, 0.2) is 0 Å². The molecule has 2 rings (SSSR count). The molecule has 0 atom stereocenters. The quantitative estimate of drug-likeness (QED) is 0.411. The number of ether oxygens (including phenoxy) is 1. The molecule has 0 fully saturated rings. The van der Waals surface area contributed by atoms with Crippen LogP contribution >= 0.6 is 12.6 Å². The average molecular weight is 359 g/mol. The highest BCUT2D eigenvalue weighted by molar-refractivity contribution is 7.80. The number of hydrogen-bond acceptors (Lipinski definition) is 5. The molecule has 25 heavy (non-hydrogen) atoms. The third-order valence-corrected chi connectivity index (χ3v) is 4.58. The van der Waals surface area contributed by atoms with E-state index < -0.39 is 0 Å². The standard InChI is InChI=1S/C20H26N2O2S/c1-3-5-7-19(23)24-17-10-9-15(20(25)16(17)6-4-2)12-14-8-11-18(21)22-13-14/h8-11,13,25H,3-7,12H2,1-2H3,(H2,21,22). The minimum Gasteiger partial charge on any atom is -0.426 e. The van der Waals surface area contributed by atoms with Gasteiger partial charge in [-0.05, 0) is 36.1 Å². The van der Waals surface area contributed by atoms with Gasteiger partial charge in [-0.2, -0.15) is 0 Å². The summed E-state index contributed by atoms with van der Waals surface area (Å²) in [5, 5.41) is 0. The monoisotopic (exact) mass is 358 g/mol. The molecule has 2 aromatic rings. The van der Waals surface area contributed by atoms with Crippen LogP contribution in [0.1, 0.15) is 56.2 Å².